The van der Waals surface area contributed by atoms with E-state index in [2.05, 4.69) is 182 Å². The van der Waals surface area contributed by atoms with E-state index in [1.54, 1.807) is 0 Å². The molecule has 0 N–H and O–H groups in total. The lowest BCUT2D eigenvalue weighted by Gasteiger charge is -2.32. The van der Waals surface area contributed by atoms with Crippen molar-refractivity contribution in [3.8, 4) is 16.8 Å². The number of para-hydroxylation sites is 4. The molecular weight excluding hydrogens is 532 g/mol. The first-order valence-electron chi connectivity index (χ1n) is 15.5. The Balaban J connectivity index is 1.34. The number of hydrogen-bond donors (Lipinski definition) is 0. The Kier molecular flexibility index (Phi) is 7.33. The molecule has 7 rings (SSSR count). The van der Waals surface area contributed by atoms with Gasteiger partial charge in [0.15, 0.2) is 0 Å². The average molecular weight is 569 g/mol. The molecule has 6 aromatic rings. The van der Waals surface area contributed by atoms with Crippen LogP contribution < -0.4 is 4.90 Å². The summed E-state index contributed by atoms with van der Waals surface area (Å²) in [7, 11) is 0. The van der Waals surface area contributed by atoms with E-state index in [0.29, 0.717) is 5.92 Å². The van der Waals surface area contributed by atoms with Gasteiger partial charge in [0.25, 0.3) is 0 Å². The van der Waals surface area contributed by atoms with Gasteiger partial charge in [-0.1, -0.05) is 130 Å². The van der Waals surface area contributed by atoms with Crippen molar-refractivity contribution < 1.29 is 0 Å². The van der Waals surface area contributed by atoms with E-state index in [1.807, 2.05) is 0 Å². The van der Waals surface area contributed by atoms with Crippen LogP contribution in [0.5, 0.6) is 0 Å². The second-order valence-corrected chi connectivity index (χ2v) is 11.4. The van der Waals surface area contributed by atoms with Gasteiger partial charge in [-0.2, -0.15) is 0 Å². The minimum Gasteiger partial charge on any atom is -0.317 e. The lowest BCUT2D eigenvalue weighted by Crippen LogP contribution is -2.21. The van der Waals surface area contributed by atoms with Crippen molar-refractivity contribution in [3.05, 3.63) is 175 Å². The largest absolute Gasteiger partial charge is 0.317 e. The molecule has 5 aromatic carbocycles. The molecule has 1 atom stereocenters. The summed E-state index contributed by atoms with van der Waals surface area (Å²) in [5.41, 5.74) is 11.6. The van der Waals surface area contributed by atoms with Crippen LogP contribution in [-0.4, -0.2) is 4.57 Å². The third-order valence-electron chi connectivity index (χ3n) is 8.65. The van der Waals surface area contributed by atoms with Crippen LogP contribution in [0.1, 0.15) is 37.3 Å². The quantitative estimate of drug-likeness (QED) is 0.174. The fourth-order valence-electron chi connectivity index (χ4n) is 6.44. The Hall–Kier alpha value is -5.34. The Morgan fingerprint density at radius 2 is 1.41 bits per heavy atom. The second-order valence-electron chi connectivity index (χ2n) is 11.4. The molecule has 0 saturated carbocycles. The van der Waals surface area contributed by atoms with Crippen molar-refractivity contribution in [1.29, 1.82) is 0 Å². The summed E-state index contributed by atoms with van der Waals surface area (Å²) >= 11 is 0. The van der Waals surface area contributed by atoms with Gasteiger partial charge >= 0.3 is 0 Å². The van der Waals surface area contributed by atoms with Gasteiger partial charge < -0.3 is 9.47 Å². The maximum atomic E-state index is 4.68. The van der Waals surface area contributed by atoms with Crippen LogP contribution in [0.25, 0.3) is 44.2 Å². The van der Waals surface area contributed by atoms with E-state index >= 15 is 0 Å². The molecule has 1 unspecified atom stereocenters. The van der Waals surface area contributed by atoms with Crippen molar-refractivity contribution >= 4 is 33.1 Å². The van der Waals surface area contributed by atoms with Gasteiger partial charge in [-0.15, -0.1) is 0 Å². The molecule has 2 heteroatoms. The molecule has 0 aliphatic carbocycles. The second kappa shape index (κ2) is 11.7. The van der Waals surface area contributed by atoms with Crippen LogP contribution in [0.4, 0.5) is 5.69 Å². The number of benzene rings is 5. The zero-order valence-electron chi connectivity index (χ0n) is 25.3. The summed E-state index contributed by atoms with van der Waals surface area (Å²) in [6.45, 7) is 9.09. The Bertz CT molecular complexity index is 2050. The first kappa shape index (κ1) is 27.5. The molecular formula is C42H36N2. The highest BCUT2D eigenvalue weighted by molar-refractivity contribution is 6.09. The monoisotopic (exact) mass is 568 g/mol. The number of anilines is 1. The summed E-state index contributed by atoms with van der Waals surface area (Å²) in [4.78, 5) is 2.29. The van der Waals surface area contributed by atoms with Gasteiger partial charge in [0.1, 0.15) is 0 Å². The molecule has 0 radical (unpaired) electrons. The van der Waals surface area contributed by atoms with Gasteiger partial charge in [0.05, 0.1) is 22.4 Å². The minimum absolute atomic E-state index is 0.365. The summed E-state index contributed by atoms with van der Waals surface area (Å²) in [6.07, 6.45) is 12.0. The first-order valence-corrected chi connectivity index (χ1v) is 15.5. The van der Waals surface area contributed by atoms with Crippen LogP contribution in [-0.2, 0) is 0 Å². The lowest BCUT2D eigenvalue weighted by molar-refractivity contribution is 0.924. The molecule has 1 aliphatic rings. The minimum atomic E-state index is 0.365. The van der Waals surface area contributed by atoms with Crippen molar-refractivity contribution in [1.82, 2.24) is 4.57 Å². The normalized spacial score (nSPS) is 14.9. The third-order valence-corrected chi connectivity index (χ3v) is 8.65. The topological polar surface area (TPSA) is 8.17 Å². The van der Waals surface area contributed by atoms with Gasteiger partial charge in [-0.3, -0.25) is 0 Å². The number of rotatable bonds is 7. The molecule has 214 valence electrons. The van der Waals surface area contributed by atoms with Gasteiger partial charge in [-0.25, -0.2) is 0 Å². The third kappa shape index (κ3) is 4.79. The number of nitrogens with zero attached hydrogens (tertiary/aromatic N) is 2. The molecule has 2 heterocycles. The van der Waals surface area contributed by atoms with Crippen LogP contribution in [0.15, 0.2) is 164 Å². The van der Waals surface area contributed by atoms with E-state index in [1.165, 1.54) is 38.6 Å². The Morgan fingerprint density at radius 3 is 2.16 bits per heavy atom. The summed E-state index contributed by atoms with van der Waals surface area (Å²) in [6, 6.07) is 43.6. The molecule has 0 bridgehead atoms. The zero-order valence-corrected chi connectivity index (χ0v) is 25.3. The van der Waals surface area contributed by atoms with Crippen LogP contribution in [0.2, 0.25) is 0 Å². The van der Waals surface area contributed by atoms with E-state index < -0.39 is 0 Å². The van der Waals surface area contributed by atoms with Gasteiger partial charge in [-0.05, 0) is 65.1 Å². The molecule has 1 aliphatic heterocycles. The highest BCUT2D eigenvalue weighted by Crippen LogP contribution is 2.40. The van der Waals surface area contributed by atoms with Crippen molar-refractivity contribution in [2.24, 2.45) is 0 Å². The number of hydrogen-bond acceptors (Lipinski definition) is 1. The fraction of sp³-hybridized carbons (Fsp3) is 0.0952. The Labute approximate surface area is 260 Å². The van der Waals surface area contributed by atoms with E-state index in [4.69, 9.17) is 0 Å². The lowest BCUT2D eigenvalue weighted by atomic mass is 9.93. The van der Waals surface area contributed by atoms with Crippen LogP contribution in [0.3, 0.4) is 0 Å². The SMILES string of the molecule is C=C(/C(=C\C=C/CC)N1C=CC(C)c2ccccc21)c1cccc(-c2ccccc2-n2c3ccccc3c3ccccc32)c1. The average Bonchev–Trinajstić information content (AvgIpc) is 3.41. The molecule has 0 fully saturated rings. The van der Waals surface area contributed by atoms with Crippen molar-refractivity contribution in [2.75, 3.05) is 4.90 Å². The van der Waals surface area contributed by atoms with Crippen LogP contribution >= 0.6 is 0 Å². The predicted octanol–water partition coefficient (Wildman–Crippen LogP) is 11.5. The zero-order chi connectivity index (χ0) is 30.0. The smallest absolute Gasteiger partial charge is 0.0541 e. The maximum absolute atomic E-state index is 4.68. The van der Waals surface area contributed by atoms with E-state index in [9.17, 15) is 0 Å². The van der Waals surface area contributed by atoms with E-state index in [0.717, 1.165) is 34.5 Å². The fourth-order valence-corrected chi connectivity index (χ4v) is 6.44. The van der Waals surface area contributed by atoms with Crippen LogP contribution in [0, 0.1) is 0 Å². The number of fused-ring (bicyclic) bond motifs is 4. The summed E-state index contributed by atoms with van der Waals surface area (Å²) < 4.78 is 2.40. The van der Waals surface area contributed by atoms with Crippen molar-refractivity contribution in [3.63, 3.8) is 0 Å². The maximum Gasteiger partial charge on any atom is 0.0541 e. The highest BCUT2D eigenvalue weighted by Gasteiger charge is 2.22. The van der Waals surface area contributed by atoms with E-state index in [-0.39, 0.29) is 0 Å². The number of allylic oxidation sites excluding steroid dienone is 5. The molecule has 0 saturated heterocycles. The first-order chi connectivity index (χ1) is 21.7. The van der Waals surface area contributed by atoms with Gasteiger partial charge in [0.2, 0.25) is 0 Å². The predicted molar refractivity (Wildman–Crippen MR) is 189 cm³/mol. The molecule has 1 aromatic heterocycles. The molecule has 0 amide bonds. The molecule has 0 spiro atoms. The standard InChI is InChI=1S/C42H36N2/c1-4-5-6-22-38(43-28-27-30(2)34-18-7-11-23-39(34)43)31(3)32-16-15-17-33(29-32)35-19-8-12-24-40(35)44-41-25-13-9-20-36(41)37-21-10-14-26-42(37)44/h5-30H,3-4H2,1-2H3/b6-5-,38-22+. The molecule has 2 nitrogen and oxygen atoms in total. The summed E-state index contributed by atoms with van der Waals surface area (Å²) in [5, 5.41) is 2.53. The molecule has 44 heavy (non-hydrogen) atoms. The van der Waals surface area contributed by atoms with Crippen molar-refractivity contribution in [2.45, 2.75) is 26.2 Å². The highest BCUT2D eigenvalue weighted by atomic mass is 15.1. The van der Waals surface area contributed by atoms with Gasteiger partial charge in [0, 0.05) is 34.1 Å². The Morgan fingerprint density at radius 1 is 0.750 bits per heavy atom. The number of aromatic nitrogens is 1. The summed E-state index contributed by atoms with van der Waals surface area (Å²) in [5.74, 6) is 0.365.